The van der Waals surface area contributed by atoms with Gasteiger partial charge in [0.2, 0.25) is 0 Å². The summed E-state index contributed by atoms with van der Waals surface area (Å²) < 4.78 is 5.08. The number of nitrogens with one attached hydrogen (secondary N) is 1. The summed E-state index contributed by atoms with van der Waals surface area (Å²) in [6.07, 6.45) is -1.37. The topological polar surface area (TPSA) is 61.7 Å². The van der Waals surface area contributed by atoms with Gasteiger partial charge in [0, 0.05) is 5.92 Å². The van der Waals surface area contributed by atoms with Crippen LogP contribution >= 0.6 is 0 Å². The Bertz CT molecular complexity index is 151. The van der Waals surface area contributed by atoms with Crippen molar-refractivity contribution in [3.63, 3.8) is 0 Å². The van der Waals surface area contributed by atoms with Gasteiger partial charge >= 0.3 is 0 Å². The van der Waals surface area contributed by atoms with Crippen LogP contribution in [0.4, 0.5) is 0 Å². The van der Waals surface area contributed by atoms with Crippen molar-refractivity contribution in [2.75, 3.05) is 0 Å². The molecule has 5 atom stereocenters. The van der Waals surface area contributed by atoms with E-state index in [1.54, 1.807) is 6.92 Å². The monoisotopic (exact) mass is 175 g/mol. The molecule has 0 aliphatic carbocycles. The first-order valence-corrected chi connectivity index (χ1v) is 4.30. The summed E-state index contributed by atoms with van der Waals surface area (Å²) in [6, 6.07) is -0.167. The zero-order valence-electron chi connectivity index (χ0n) is 7.69. The maximum absolute atomic E-state index is 9.38. The van der Waals surface area contributed by atoms with Crippen LogP contribution in [0.15, 0.2) is 0 Å². The second kappa shape index (κ2) is 3.70. The summed E-state index contributed by atoms with van der Waals surface area (Å²) in [5.74, 6) is -0.00931. The second-order valence-electron chi connectivity index (χ2n) is 3.46. The highest BCUT2D eigenvalue weighted by Gasteiger charge is 2.36. The first kappa shape index (κ1) is 9.92. The van der Waals surface area contributed by atoms with Crippen LogP contribution in [0.25, 0.3) is 0 Å². The van der Waals surface area contributed by atoms with E-state index in [1.807, 2.05) is 13.8 Å². The zero-order chi connectivity index (χ0) is 9.30. The molecule has 3 N–H and O–H groups in total. The van der Waals surface area contributed by atoms with Crippen molar-refractivity contribution in [3.05, 3.63) is 0 Å². The molecule has 72 valence electrons. The van der Waals surface area contributed by atoms with E-state index in [9.17, 15) is 10.2 Å². The number of aliphatic hydroxyl groups is 2. The van der Waals surface area contributed by atoms with Gasteiger partial charge in [0.15, 0.2) is 6.29 Å². The highest BCUT2D eigenvalue weighted by atomic mass is 16.6. The van der Waals surface area contributed by atoms with Crippen LogP contribution in [0, 0.1) is 5.92 Å². The first-order chi connectivity index (χ1) is 5.52. The standard InChI is InChI=1S/C8H17NO3/c1-4(5(2)10)7-8(11)12-6(3)9-7/h4-11H,1-3H3/t4-,5-,6?,7-,8?/m0/s1. The largest absolute Gasteiger partial charge is 0.393 e. The molecule has 1 saturated heterocycles. The summed E-state index contributed by atoms with van der Waals surface area (Å²) >= 11 is 0. The lowest BCUT2D eigenvalue weighted by molar-refractivity contribution is -0.102. The Morgan fingerprint density at radius 3 is 2.33 bits per heavy atom. The molecule has 0 amide bonds. The molecule has 0 spiro atoms. The molecular weight excluding hydrogens is 158 g/mol. The van der Waals surface area contributed by atoms with Gasteiger partial charge in [-0.05, 0) is 13.8 Å². The molecule has 1 aliphatic heterocycles. The number of hydrogen-bond acceptors (Lipinski definition) is 4. The van der Waals surface area contributed by atoms with E-state index in [-0.39, 0.29) is 18.2 Å². The minimum absolute atomic E-state index is 0.00931. The predicted molar refractivity (Wildman–Crippen MR) is 44.3 cm³/mol. The third kappa shape index (κ3) is 1.95. The van der Waals surface area contributed by atoms with Crippen molar-refractivity contribution in [2.45, 2.75) is 45.4 Å². The Balaban J connectivity index is 2.51. The lowest BCUT2D eigenvalue weighted by Gasteiger charge is -2.23. The molecule has 0 aromatic carbocycles. The van der Waals surface area contributed by atoms with Crippen molar-refractivity contribution in [1.82, 2.24) is 5.32 Å². The van der Waals surface area contributed by atoms with Gasteiger partial charge in [-0.2, -0.15) is 0 Å². The second-order valence-corrected chi connectivity index (χ2v) is 3.46. The molecule has 4 heteroatoms. The number of rotatable bonds is 2. The van der Waals surface area contributed by atoms with E-state index in [2.05, 4.69) is 5.32 Å². The molecule has 0 bridgehead atoms. The molecule has 0 radical (unpaired) electrons. The minimum Gasteiger partial charge on any atom is -0.393 e. The molecule has 2 unspecified atom stereocenters. The van der Waals surface area contributed by atoms with Crippen LogP contribution in [0.3, 0.4) is 0 Å². The molecular formula is C8H17NO3. The van der Waals surface area contributed by atoms with E-state index in [1.165, 1.54) is 0 Å². The highest BCUT2D eigenvalue weighted by molar-refractivity contribution is 4.84. The Kier molecular flexibility index (Phi) is 3.06. The van der Waals surface area contributed by atoms with E-state index >= 15 is 0 Å². The SMILES string of the molecule is CC1N[C@@H]([C@@H](C)[C@H](C)O)C(O)O1. The molecule has 4 nitrogen and oxygen atoms in total. The Morgan fingerprint density at radius 1 is 1.42 bits per heavy atom. The molecule has 0 aromatic heterocycles. The average Bonchev–Trinajstić information content (AvgIpc) is 2.28. The summed E-state index contributed by atoms with van der Waals surface area (Å²) in [5.41, 5.74) is 0. The van der Waals surface area contributed by atoms with Gasteiger partial charge in [-0.15, -0.1) is 0 Å². The normalized spacial score (nSPS) is 41.2. The number of hydrogen-bond donors (Lipinski definition) is 3. The van der Waals surface area contributed by atoms with Gasteiger partial charge < -0.3 is 14.9 Å². The van der Waals surface area contributed by atoms with Gasteiger partial charge in [0.05, 0.1) is 12.1 Å². The lowest BCUT2D eigenvalue weighted by Crippen LogP contribution is -2.42. The van der Waals surface area contributed by atoms with Crippen LogP contribution in [-0.4, -0.2) is 34.9 Å². The third-order valence-corrected chi connectivity index (χ3v) is 2.41. The van der Waals surface area contributed by atoms with Crippen molar-refractivity contribution in [2.24, 2.45) is 5.92 Å². The highest BCUT2D eigenvalue weighted by Crippen LogP contribution is 2.19. The molecule has 1 fully saturated rings. The van der Waals surface area contributed by atoms with Gasteiger partial charge in [0.25, 0.3) is 0 Å². The molecule has 1 heterocycles. The van der Waals surface area contributed by atoms with Crippen LogP contribution in [0.5, 0.6) is 0 Å². The predicted octanol–water partition coefficient (Wildman–Crippen LogP) is -0.344. The fourth-order valence-corrected chi connectivity index (χ4v) is 1.40. The van der Waals surface area contributed by atoms with E-state index in [0.717, 1.165) is 0 Å². The average molecular weight is 175 g/mol. The van der Waals surface area contributed by atoms with Crippen molar-refractivity contribution in [1.29, 1.82) is 0 Å². The fourth-order valence-electron chi connectivity index (χ4n) is 1.40. The van der Waals surface area contributed by atoms with Crippen LogP contribution in [-0.2, 0) is 4.74 Å². The quantitative estimate of drug-likeness (QED) is 0.537. The first-order valence-electron chi connectivity index (χ1n) is 4.30. The van der Waals surface area contributed by atoms with Crippen LogP contribution in [0.2, 0.25) is 0 Å². The van der Waals surface area contributed by atoms with Crippen molar-refractivity contribution in [3.8, 4) is 0 Å². The smallest absolute Gasteiger partial charge is 0.172 e. The molecule has 0 saturated carbocycles. The van der Waals surface area contributed by atoms with Crippen LogP contribution < -0.4 is 5.32 Å². The molecule has 12 heavy (non-hydrogen) atoms. The Morgan fingerprint density at radius 2 is 2.00 bits per heavy atom. The van der Waals surface area contributed by atoms with E-state index in [0.29, 0.717) is 0 Å². The van der Waals surface area contributed by atoms with Crippen LogP contribution in [0.1, 0.15) is 20.8 Å². The summed E-state index contributed by atoms with van der Waals surface area (Å²) in [7, 11) is 0. The summed E-state index contributed by atoms with van der Waals surface area (Å²) in [6.45, 7) is 5.42. The van der Waals surface area contributed by atoms with E-state index < -0.39 is 12.4 Å². The lowest BCUT2D eigenvalue weighted by atomic mass is 9.97. The fraction of sp³-hybridized carbons (Fsp3) is 1.00. The minimum atomic E-state index is -0.801. The number of aliphatic hydroxyl groups excluding tert-OH is 2. The van der Waals surface area contributed by atoms with Gasteiger partial charge in [-0.3, -0.25) is 5.32 Å². The molecule has 0 aromatic rings. The van der Waals surface area contributed by atoms with Gasteiger partial charge in [-0.1, -0.05) is 6.92 Å². The Hall–Kier alpha value is -0.160. The summed E-state index contributed by atoms with van der Waals surface area (Å²) in [4.78, 5) is 0. The summed E-state index contributed by atoms with van der Waals surface area (Å²) in [5, 5.41) is 21.7. The Labute approximate surface area is 72.5 Å². The number of ether oxygens (including phenoxy) is 1. The zero-order valence-corrected chi connectivity index (χ0v) is 7.69. The van der Waals surface area contributed by atoms with Crippen molar-refractivity contribution < 1.29 is 14.9 Å². The maximum Gasteiger partial charge on any atom is 0.172 e. The van der Waals surface area contributed by atoms with Gasteiger partial charge in [0.1, 0.15) is 6.23 Å². The van der Waals surface area contributed by atoms with Crippen molar-refractivity contribution >= 4 is 0 Å². The van der Waals surface area contributed by atoms with E-state index in [4.69, 9.17) is 4.74 Å². The maximum atomic E-state index is 9.38. The molecule has 1 rings (SSSR count). The third-order valence-electron chi connectivity index (χ3n) is 2.41. The van der Waals surface area contributed by atoms with Gasteiger partial charge in [-0.25, -0.2) is 0 Å². The molecule has 1 aliphatic rings.